The molecule has 0 aliphatic carbocycles. The topological polar surface area (TPSA) is 132 Å². The van der Waals surface area contributed by atoms with E-state index in [1.54, 1.807) is 0 Å². The first-order chi connectivity index (χ1) is 38.3. The molecule has 5 aliphatic rings. The van der Waals surface area contributed by atoms with E-state index in [9.17, 15) is 0 Å². The van der Waals surface area contributed by atoms with Crippen LogP contribution < -0.4 is 48.5 Å². The summed E-state index contributed by atoms with van der Waals surface area (Å²) >= 11 is 0. The number of rotatable bonds is 16. The van der Waals surface area contributed by atoms with Gasteiger partial charge in [0.05, 0.1) is 37.6 Å². The van der Waals surface area contributed by atoms with E-state index in [-0.39, 0.29) is 36.7 Å². The van der Waals surface area contributed by atoms with E-state index in [0.29, 0.717) is 73.4 Å². The minimum absolute atomic E-state index is 0.120. The summed E-state index contributed by atoms with van der Waals surface area (Å²) in [5.74, 6) is 4.49. The van der Waals surface area contributed by atoms with Gasteiger partial charge in [0, 0.05) is 71.1 Å². The first-order valence-electron chi connectivity index (χ1n) is 28.5. The van der Waals surface area contributed by atoms with Gasteiger partial charge in [-0.05, 0) is 129 Å². The van der Waals surface area contributed by atoms with Crippen molar-refractivity contribution in [3.63, 3.8) is 0 Å². The maximum Gasteiger partial charge on any atom is 0.255 e. The maximum atomic E-state index is 15.4. The number of ether oxygens (including phenoxy) is 8. The van der Waals surface area contributed by atoms with Gasteiger partial charge in [-0.1, -0.05) is 89.8 Å². The lowest BCUT2D eigenvalue weighted by Crippen LogP contribution is -2.35. The fourth-order valence-corrected chi connectivity index (χ4v) is 12.6. The number of carbonyl (C=O) groups is 2. The third-order valence-electron chi connectivity index (χ3n) is 16.5. The van der Waals surface area contributed by atoms with Crippen molar-refractivity contribution in [2.75, 3.05) is 26.4 Å². The van der Waals surface area contributed by atoms with Crippen LogP contribution in [0.3, 0.4) is 0 Å². The van der Waals surface area contributed by atoms with E-state index in [2.05, 4.69) is 86.9 Å². The molecule has 0 unspecified atom stereocenters. The molecule has 0 radical (unpaired) electrons. The highest BCUT2D eigenvalue weighted by molar-refractivity contribution is 6.13. The average Bonchev–Trinajstić information content (AvgIpc) is 3.56. The summed E-state index contributed by atoms with van der Waals surface area (Å²) in [5, 5.41) is 14.0. The van der Waals surface area contributed by atoms with Crippen molar-refractivity contribution in [3.8, 4) is 46.0 Å². The summed E-state index contributed by atoms with van der Waals surface area (Å²) in [7, 11) is 0. The molecule has 8 aromatic rings. The maximum absolute atomic E-state index is 15.4. The van der Waals surface area contributed by atoms with Crippen molar-refractivity contribution in [1.82, 2.24) is 10.6 Å². The van der Waals surface area contributed by atoms with Gasteiger partial charge in [-0.15, -0.1) is 0 Å². The second-order valence-electron chi connectivity index (χ2n) is 21.3. The van der Waals surface area contributed by atoms with Crippen LogP contribution in [0.25, 0.3) is 43.1 Å². The average molecular weight is 1050 g/mol. The van der Waals surface area contributed by atoms with Gasteiger partial charge in [0.25, 0.3) is 11.8 Å². The second-order valence-corrected chi connectivity index (χ2v) is 21.3. The van der Waals surface area contributed by atoms with Gasteiger partial charge in [0.15, 0.2) is 0 Å². The first kappa shape index (κ1) is 49.7. The summed E-state index contributed by atoms with van der Waals surface area (Å²) in [5.41, 5.74) is 6.68. The number of hydrogen-bond acceptors (Lipinski definition) is 10. The molecule has 400 valence electrons. The van der Waals surface area contributed by atoms with Gasteiger partial charge in [-0.2, -0.15) is 0 Å². The lowest BCUT2D eigenvalue weighted by Gasteiger charge is -2.39. The predicted octanol–water partition coefficient (Wildman–Crippen LogP) is 14.5. The Morgan fingerprint density at radius 1 is 0.385 bits per heavy atom. The molecule has 0 saturated carbocycles. The van der Waals surface area contributed by atoms with Gasteiger partial charge >= 0.3 is 0 Å². The number of fused-ring (bicyclic) bond motifs is 2. The Labute approximate surface area is 454 Å². The first-order valence-corrected chi connectivity index (χ1v) is 28.5. The zero-order chi connectivity index (χ0) is 53.0. The molecule has 0 aromatic heterocycles. The molecular formula is C66H66N2O10. The Kier molecular flexibility index (Phi) is 13.3. The highest BCUT2D eigenvalue weighted by Crippen LogP contribution is 2.55. The fraction of sp³-hybridized carbons (Fsp3) is 0.364. The molecule has 13 rings (SSSR count). The predicted molar refractivity (Wildman–Crippen MR) is 303 cm³/mol. The van der Waals surface area contributed by atoms with Crippen LogP contribution in [0.15, 0.2) is 97.1 Å². The van der Waals surface area contributed by atoms with Crippen molar-refractivity contribution >= 4 is 54.9 Å². The SMILES string of the molecule is CCCCOc1ccc2c3c4ccc2c1CNC(=O)c1c(OCCCC)ccc2c5c(ccc12)OC1CC5c2c(ccc5c(c(OCCCC)ccc25)C(=O)NCc2c(OCCCC)ccc5c6c(ccc25)OC(CC36)O4)O1. The van der Waals surface area contributed by atoms with Crippen LogP contribution in [0.2, 0.25) is 0 Å². The third-order valence-corrected chi connectivity index (χ3v) is 16.5. The van der Waals surface area contributed by atoms with Crippen LogP contribution in [0.4, 0.5) is 0 Å². The molecule has 2 amide bonds. The molecule has 20 bridgehead atoms. The Hall–Kier alpha value is -7.86. The van der Waals surface area contributed by atoms with Crippen molar-refractivity contribution in [1.29, 1.82) is 0 Å². The van der Waals surface area contributed by atoms with Gasteiger partial charge in [-0.25, -0.2) is 0 Å². The Balaban J connectivity index is 1.05. The smallest absolute Gasteiger partial charge is 0.255 e. The van der Waals surface area contributed by atoms with E-state index in [1.807, 2.05) is 48.5 Å². The minimum atomic E-state index is -0.537. The summed E-state index contributed by atoms with van der Waals surface area (Å²) in [6.45, 7) is 10.9. The normalized spacial score (nSPS) is 18.6. The quantitative estimate of drug-likeness (QED) is 0.0902. The zero-order valence-electron chi connectivity index (χ0n) is 44.9. The highest BCUT2D eigenvalue weighted by atomic mass is 16.7. The van der Waals surface area contributed by atoms with Crippen LogP contribution in [0.5, 0.6) is 46.0 Å². The van der Waals surface area contributed by atoms with Crippen molar-refractivity contribution in [2.24, 2.45) is 0 Å². The Bertz CT molecular complexity index is 3470. The van der Waals surface area contributed by atoms with Gasteiger partial charge < -0.3 is 48.5 Å². The molecule has 0 atom stereocenters. The van der Waals surface area contributed by atoms with Crippen molar-refractivity contribution in [2.45, 2.75) is 129 Å². The van der Waals surface area contributed by atoms with E-state index in [0.717, 1.165) is 151 Å². The molecular weight excluding hydrogens is 981 g/mol. The monoisotopic (exact) mass is 1050 g/mol. The number of hydrogen-bond donors (Lipinski definition) is 2. The van der Waals surface area contributed by atoms with Gasteiger partial charge in [-0.3, -0.25) is 9.59 Å². The molecule has 5 aliphatic heterocycles. The van der Waals surface area contributed by atoms with Crippen molar-refractivity contribution < 1.29 is 47.5 Å². The molecule has 78 heavy (non-hydrogen) atoms. The molecule has 0 fully saturated rings. The van der Waals surface area contributed by atoms with E-state index < -0.39 is 12.6 Å². The Morgan fingerprint density at radius 3 is 1.03 bits per heavy atom. The van der Waals surface area contributed by atoms with E-state index in [1.165, 1.54) is 0 Å². The number of nitrogens with one attached hydrogen (secondary N) is 2. The lowest BCUT2D eigenvalue weighted by atomic mass is 9.78. The largest absolute Gasteiger partial charge is 0.493 e. The zero-order valence-corrected chi connectivity index (χ0v) is 44.9. The van der Waals surface area contributed by atoms with E-state index in [4.69, 9.17) is 37.9 Å². The molecule has 8 aromatic carbocycles. The number of carbonyl (C=O) groups excluding carboxylic acids is 2. The summed E-state index contributed by atoms with van der Waals surface area (Å²) in [6.07, 6.45) is 7.38. The lowest BCUT2D eigenvalue weighted by molar-refractivity contribution is -0.0259. The summed E-state index contributed by atoms with van der Waals surface area (Å²) in [4.78, 5) is 30.7. The van der Waals surface area contributed by atoms with Crippen molar-refractivity contribution in [3.05, 3.63) is 142 Å². The summed E-state index contributed by atoms with van der Waals surface area (Å²) in [6, 6.07) is 32.5. The second kappa shape index (κ2) is 20.8. The fourth-order valence-electron chi connectivity index (χ4n) is 12.6. The minimum Gasteiger partial charge on any atom is -0.493 e. The van der Waals surface area contributed by atoms with Crippen LogP contribution in [-0.4, -0.2) is 50.8 Å². The summed E-state index contributed by atoms with van der Waals surface area (Å²) < 4.78 is 52.9. The molecule has 5 heterocycles. The van der Waals surface area contributed by atoms with E-state index >= 15 is 9.59 Å². The molecule has 0 spiro atoms. The number of amides is 2. The van der Waals surface area contributed by atoms with Crippen LogP contribution in [0.1, 0.15) is 158 Å². The van der Waals surface area contributed by atoms with Crippen LogP contribution >= 0.6 is 0 Å². The standard InChI is InChI=1S/C66H66N2O10/c1-5-9-29-71-49-21-15-39-37-13-25-53-59(39)45-33-57(75-53)76-54-26-14-38-40(60(45)54)16-22-50(72-30-10-6-2)48(38)36-68-66(70)64-44-20-28-56-62(42(44)18-24-52(64)74-32-12-8-4)46-34-58(78-56)77-55-27-19-43-41(61(46)55)17-23-51(73-31-11-7-3)63(43)65(69)67-35-47(37)49/h13-28,45-46,57-58H,5-12,29-36H2,1-4H3,(H,67,69)(H,68,70). The molecule has 12 heteroatoms. The van der Waals surface area contributed by atoms with Crippen LogP contribution in [-0.2, 0) is 13.1 Å². The molecule has 12 nitrogen and oxygen atoms in total. The molecule has 2 N–H and O–H groups in total. The third kappa shape index (κ3) is 8.50. The molecule has 0 saturated heterocycles. The van der Waals surface area contributed by atoms with Crippen LogP contribution in [0, 0.1) is 0 Å². The highest BCUT2D eigenvalue weighted by Gasteiger charge is 2.42. The number of benzene rings is 8. The van der Waals surface area contributed by atoms with Gasteiger partial charge in [0.1, 0.15) is 46.0 Å². The van der Waals surface area contributed by atoms with Gasteiger partial charge in [0.2, 0.25) is 12.6 Å². The number of unbranched alkanes of at least 4 members (excludes halogenated alkanes) is 4. The Morgan fingerprint density at radius 2 is 0.679 bits per heavy atom.